The molecule has 0 rings (SSSR count). The fourth-order valence-electron chi connectivity index (χ4n) is 8.67. The van der Waals surface area contributed by atoms with Gasteiger partial charge in [0, 0.05) is 19.3 Å². The molecule has 0 spiro atoms. The zero-order chi connectivity index (χ0) is 51.4. The van der Waals surface area contributed by atoms with E-state index in [1.807, 2.05) is 6.08 Å². The SMILES string of the molecule is CC/C=C\C/C=C\C/C=C\C/C=C\CCC(=O)OCC(COC(=O)CCCCCCCCCCCCCCCCCCCCCCCC)OC(=O)CCCCCCCCC/C=C\C/C=C\CCCCCC. The molecule has 0 bridgehead atoms. The van der Waals surface area contributed by atoms with Crippen molar-refractivity contribution in [3.8, 4) is 0 Å². The van der Waals surface area contributed by atoms with Crippen LogP contribution in [0.5, 0.6) is 0 Å². The highest BCUT2D eigenvalue weighted by Crippen LogP contribution is 2.17. The van der Waals surface area contributed by atoms with Gasteiger partial charge in [0.2, 0.25) is 0 Å². The maximum Gasteiger partial charge on any atom is 0.306 e. The van der Waals surface area contributed by atoms with E-state index in [0.29, 0.717) is 19.3 Å². The number of carbonyl (C=O) groups excluding carboxylic acids is 3. The lowest BCUT2D eigenvalue weighted by Crippen LogP contribution is -2.30. The highest BCUT2D eigenvalue weighted by Gasteiger charge is 2.19. The predicted octanol–water partition coefficient (Wildman–Crippen LogP) is 20.5. The number of unbranched alkanes of at least 4 members (excludes halogenated alkanes) is 32. The first-order valence-corrected chi connectivity index (χ1v) is 30.4. The van der Waals surface area contributed by atoms with Crippen LogP contribution in [0.1, 0.15) is 303 Å². The Labute approximate surface area is 440 Å². The molecule has 1 unspecified atom stereocenters. The van der Waals surface area contributed by atoms with Crippen molar-refractivity contribution < 1.29 is 28.6 Å². The van der Waals surface area contributed by atoms with Gasteiger partial charge in [0.1, 0.15) is 13.2 Å². The molecule has 0 saturated carbocycles. The van der Waals surface area contributed by atoms with Gasteiger partial charge >= 0.3 is 17.9 Å². The van der Waals surface area contributed by atoms with Crippen LogP contribution >= 0.6 is 0 Å². The average Bonchev–Trinajstić information content (AvgIpc) is 3.37. The Morgan fingerprint density at radius 2 is 0.577 bits per heavy atom. The van der Waals surface area contributed by atoms with Crippen molar-refractivity contribution in [2.45, 2.75) is 309 Å². The molecule has 0 aliphatic heterocycles. The van der Waals surface area contributed by atoms with Crippen LogP contribution in [-0.2, 0) is 28.6 Å². The third-order valence-corrected chi connectivity index (χ3v) is 13.2. The molecular formula is C65H114O6. The van der Waals surface area contributed by atoms with Gasteiger partial charge in [-0.3, -0.25) is 14.4 Å². The Morgan fingerprint density at radius 3 is 0.958 bits per heavy atom. The standard InChI is InChI=1S/C65H114O6/c1-4-7-10-13-16-19-22-25-27-29-31-32-33-34-36-37-40-43-46-49-52-55-58-64(67)70-61-62(60-69-63(66)57-54-51-48-45-42-39-24-21-18-15-12-9-6-3)71-65(68)59-56-53-50-47-44-41-38-35-30-28-26-23-20-17-14-11-8-5-2/h9,12,18,20-21,23,28,30,39,42,48,51,62H,4-8,10-11,13-17,19,22,24-27,29,31-38,40-41,43-47,49-50,52-61H2,1-3H3/b12-9-,21-18-,23-20-,30-28-,42-39-,51-48-. The number of allylic oxidation sites excluding steroid dienone is 12. The van der Waals surface area contributed by atoms with E-state index >= 15 is 0 Å². The highest BCUT2D eigenvalue weighted by atomic mass is 16.6. The molecule has 6 heteroatoms. The molecule has 410 valence electrons. The zero-order valence-electron chi connectivity index (χ0n) is 47.0. The summed E-state index contributed by atoms with van der Waals surface area (Å²) < 4.78 is 16.8. The lowest BCUT2D eigenvalue weighted by molar-refractivity contribution is -0.166. The predicted molar refractivity (Wildman–Crippen MR) is 307 cm³/mol. The average molecular weight is 992 g/mol. The largest absolute Gasteiger partial charge is 0.462 e. The second-order valence-corrected chi connectivity index (χ2v) is 20.2. The van der Waals surface area contributed by atoms with Gasteiger partial charge in [0.05, 0.1) is 0 Å². The molecule has 0 aromatic rings. The van der Waals surface area contributed by atoms with Gasteiger partial charge in [0.15, 0.2) is 6.10 Å². The van der Waals surface area contributed by atoms with Crippen LogP contribution in [0.3, 0.4) is 0 Å². The minimum Gasteiger partial charge on any atom is -0.462 e. The fraction of sp³-hybridized carbons (Fsp3) is 0.769. The minimum atomic E-state index is -0.807. The van der Waals surface area contributed by atoms with Crippen molar-refractivity contribution in [3.05, 3.63) is 72.9 Å². The smallest absolute Gasteiger partial charge is 0.306 e. The molecule has 0 radical (unpaired) electrons. The van der Waals surface area contributed by atoms with E-state index in [-0.39, 0.29) is 37.5 Å². The number of hydrogen-bond donors (Lipinski definition) is 0. The lowest BCUT2D eigenvalue weighted by Gasteiger charge is -2.18. The van der Waals surface area contributed by atoms with Gasteiger partial charge in [-0.05, 0) is 77.0 Å². The van der Waals surface area contributed by atoms with Crippen LogP contribution in [0.25, 0.3) is 0 Å². The second-order valence-electron chi connectivity index (χ2n) is 20.2. The number of carbonyl (C=O) groups is 3. The van der Waals surface area contributed by atoms with Gasteiger partial charge in [-0.2, -0.15) is 0 Å². The third-order valence-electron chi connectivity index (χ3n) is 13.2. The Balaban J connectivity index is 4.36. The Kier molecular flexibility index (Phi) is 56.8. The van der Waals surface area contributed by atoms with Gasteiger partial charge < -0.3 is 14.2 Å². The van der Waals surface area contributed by atoms with Crippen LogP contribution in [0.4, 0.5) is 0 Å². The molecule has 0 aromatic heterocycles. The Hall–Kier alpha value is -3.15. The van der Waals surface area contributed by atoms with E-state index in [9.17, 15) is 14.4 Å². The van der Waals surface area contributed by atoms with Gasteiger partial charge in [-0.25, -0.2) is 0 Å². The van der Waals surface area contributed by atoms with Crippen molar-refractivity contribution in [1.29, 1.82) is 0 Å². The molecule has 0 saturated heterocycles. The first-order valence-electron chi connectivity index (χ1n) is 30.4. The van der Waals surface area contributed by atoms with E-state index in [4.69, 9.17) is 14.2 Å². The normalized spacial score (nSPS) is 12.5. The summed E-state index contributed by atoms with van der Waals surface area (Å²) in [6.07, 6.45) is 76.4. The number of esters is 3. The zero-order valence-corrected chi connectivity index (χ0v) is 47.0. The maximum absolute atomic E-state index is 12.9. The van der Waals surface area contributed by atoms with Crippen LogP contribution < -0.4 is 0 Å². The van der Waals surface area contributed by atoms with Gasteiger partial charge in [0.25, 0.3) is 0 Å². The Bertz CT molecular complexity index is 1320. The molecule has 0 N–H and O–H groups in total. The molecule has 0 aliphatic rings. The summed E-state index contributed by atoms with van der Waals surface area (Å²) in [6.45, 7) is 6.47. The van der Waals surface area contributed by atoms with Crippen molar-refractivity contribution in [3.63, 3.8) is 0 Å². The second kappa shape index (κ2) is 59.4. The molecular weight excluding hydrogens is 877 g/mol. The third kappa shape index (κ3) is 57.6. The molecule has 0 amide bonds. The summed E-state index contributed by atoms with van der Waals surface area (Å²) in [4.78, 5) is 38.2. The molecule has 71 heavy (non-hydrogen) atoms. The van der Waals surface area contributed by atoms with Gasteiger partial charge in [-0.15, -0.1) is 0 Å². The van der Waals surface area contributed by atoms with E-state index in [0.717, 1.165) is 77.0 Å². The van der Waals surface area contributed by atoms with Crippen molar-refractivity contribution >= 4 is 17.9 Å². The van der Waals surface area contributed by atoms with Crippen LogP contribution in [-0.4, -0.2) is 37.2 Å². The first kappa shape index (κ1) is 67.8. The van der Waals surface area contributed by atoms with E-state index in [1.165, 1.54) is 180 Å². The van der Waals surface area contributed by atoms with Gasteiger partial charge in [-0.1, -0.05) is 280 Å². The van der Waals surface area contributed by atoms with Crippen LogP contribution in [0.2, 0.25) is 0 Å². The summed E-state index contributed by atoms with van der Waals surface area (Å²) in [5.41, 5.74) is 0. The summed E-state index contributed by atoms with van der Waals surface area (Å²) in [6, 6.07) is 0. The molecule has 1 atom stereocenters. The quantitative estimate of drug-likeness (QED) is 0.0261. The summed E-state index contributed by atoms with van der Waals surface area (Å²) >= 11 is 0. The van der Waals surface area contributed by atoms with Crippen LogP contribution in [0.15, 0.2) is 72.9 Å². The Morgan fingerprint density at radius 1 is 0.296 bits per heavy atom. The number of rotatable bonds is 55. The number of ether oxygens (including phenoxy) is 3. The molecule has 0 fully saturated rings. The van der Waals surface area contributed by atoms with Crippen molar-refractivity contribution in [1.82, 2.24) is 0 Å². The lowest BCUT2D eigenvalue weighted by atomic mass is 10.0. The van der Waals surface area contributed by atoms with E-state index in [2.05, 4.69) is 87.6 Å². The van der Waals surface area contributed by atoms with E-state index in [1.54, 1.807) is 0 Å². The molecule has 0 aromatic carbocycles. The van der Waals surface area contributed by atoms with Crippen LogP contribution in [0, 0.1) is 0 Å². The molecule has 6 nitrogen and oxygen atoms in total. The molecule has 0 heterocycles. The fourth-order valence-corrected chi connectivity index (χ4v) is 8.67. The summed E-state index contributed by atoms with van der Waals surface area (Å²) in [5, 5.41) is 0. The highest BCUT2D eigenvalue weighted by molar-refractivity contribution is 5.71. The van der Waals surface area contributed by atoms with Crippen molar-refractivity contribution in [2.75, 3.05) is 13.2 Å². The molecule has 0 aliphatic carbocycles. The summed E-state index contributed by atoms with van der Waals surface area (Å²) in [5.74, 6) is -0.979. The van der Waals surface area contributed by atoms with Crippen molar-refractivity contribution in [2.24, 2.45) is 0 Å². The topological polar surface area (TPSA) is 78.9 Å². The maximum atomic E-state index is 12.9. The minimum absolute atomic E-state index is 0.0982. The first-order chi connectivity index (χ1) is 35.0. The summed E-state index contributed by atoms with van der Waals surface area (Å²) in [7, 11) is 0. The monoisotopic (exact) mass is 991 g/mol. The number of hydrogen-bond acceptors (Lipinski definition) is 6. The van der Waals surface area contributed by atoms with E-state index < -0.39 is 6.10 Å².